The molecule has 10 rings (SSSR count). The number of fused-ring (bicyclic) bond motifs is 7. The van der Waals surface area contributed by atoms with Crippen LogP contribution in [0, 0.1) is 17.0 Å². The van der Waals surface area contributed by atoms with Gasteiger partial charge in [0.2, 0.25) is 0 Å². The first-order chi connectivity index (χ1) is 27.5. The van der Waals surface area contributed by atoms with E-state index in [-0.39, 0.29) is 43.0 Å². The molecule has 2 fully saturated rings. The third kappa shape index (κ3) is 6.77. The number of nitrogens with one attached hydrogen (secondary N) is 1. The third-order valence-electron chi connectivity index (χ3n) is 12.0. The van der Waals surface area contributed by atoms with E-state index in [0.717, 1.165) is 60.3 Å². The average Bonchev–Trinajstić information content (AvgIpc) is 3.82. The van der Waals surface area contributed by atoms with E-state index < -0.39 is 35.5 Å². The van der Waals surface area contributed by atoms with Crippen LogP contribution in [-0.2, 0) is 53.4 Å². The first kappa shape index (κ1) is 38.8. The quantitative estimate of drug-likeness (QED) is 0.145. The fourth-order valence-corrected chi connectivity index (χ4v) is 8.74. The van der Waals surface area contributed by atoms with Gasteiger partial charge in [-0.25, -0.2) is 13.6 Å². The molecule has 0 bridgehead atoms. The summed E-state index contributed by atoms with van der Waals surface area (Å²) < 4.78 is 30.9. The summed E-state index contributed by atoms with van der Waals surface area (Å²) in [6, 6.07) is 27.3. The number of imide groups is 1. The minimum absolute atomic E-state index is 0. The summed E-state index contributed by atoms with van der Waals surface area (Å²) in [6.45, 7) is 1.88. The van der Waals surface area contributed by atoms with Gasteiger partial charge >= 0.3 is 18.0 Å². The normalized spacial score (nSPS) is 18.9. The molecule has 4 aliphatic rings. The maximum Gasteiger partial charge on any atom is 0.327 e. The lowest BCUT2D eigenvalue weighted by molar-refractivity contribution is -0.144. The van der Waals surface area contributed by atoms with Gasteiger partial charge in [-0.2, -0.15) is 0 Å². The summed E-state index contributed by atoms with van der Waals surface area (Å²) in [6.07, 6.45) is 1.84. The van der Waals surface area contributed by atoms with Gasteiger partial charge in [0.15, 0.2) is 0 Å². The molecule has 11 nitrogen and oxygen atoms in total. The van der Waals surface area contributed by atoms with Gasteiger partial charge in [-0.15, -0.1) is 12.4 Å². The molecular weight excluding hydrogens is 768 g/mol. The number of carboxylic acid groups (broad SMARTS) is 2. The number of aromatic nitrogens is 2. The minimum Gasteiger partial charge on any atom is -0.481 e. The molecule has 1 saturated carbocycles. The van der Waals surface area contributed by atoms with Crippen molar-refractivity contribution in [1.29, 1.82) is 0 Å². The van der Waals surface area contributed by atoms with Crippen molar-refractivity contribution in [3.8, 4) is 0 Å². The average molecular weight is 808 g/mol. The fraction of sp³-hybridized carbons (Fsp3) is 0.273. The Balaban J connectivity index is 0.000000167. The van der Waals surface area contributed by atoms with Crippen LogP contribution >= 0.6 is 12.4 Å². The molecule has 1 aliphatic carbocycles. The molecule has 3 N–H and O–H groups in total. The predicted octanol–water partition coefficient (Wildman–Crippen LogP) is 6.73. The van der Waals surface area contributed by atoms with Crippen molar-refractivity contribution < 1.29 is 38.2 Å². The number of nitrogens with zero attached hydrogens (tertiary/aromatic N) is 4. The minimum atomic E-state index is -0.989. The molecule has 1 saturated heterocycles. The molecule has 1 unspecified atom stereocenters. The number of hydrogen-bond donors (Lipinski definition) is 3. The SMILES string of the molecule is Cl.O=C(O)C1Cc2c(n(Cc3ccc(F)cc3)c3ccccc23)CN1.O=C1[C@@H]2Cc3c(n(Cc4ccc(F)cc4)c4ccccc34)CN2C(=O)N1CC1(C(=O)O)CC1. The van der Waals surface area contributed by atoms with E-state index in [1.54, 1.807) is 29.2 Å². The zero-order valence-corrected chi connectivity index (χ0v) is 32.1. The van der Waals surface area contributed by atoms with Crippen molar-refractivity contribution in [3.05, 3.63) is 142 Å². The fourth-order valence-electron chi connectivity index (χ4n) is 8.74. The van der Waals surface area contributed by atoms with Crippen molar-refractivity contribution in [1.82, 2.24) is 24.3 Å². The predicted molar refractivity (Wildman–Crippen MR) is 214 cm³/mol. The highest BCUT2D eigenvalue weighted by Crippen LogP contribution is 2.48. The van der Waals surface area contributed by atoms with Crippen LogP contribution < -0.4 is 5.32 Å². The van der Waals surface area contributed by atoms with Crippen LogP contribution in [0.3, 0.4) is 0 Å². The van der Waals surface area contributed by atoms with E-state index in [9.17, 15) is 38.2 Å². The Morgan fingerprint density at radius 1 is 0.724 bits per heavy atom. The van der Waals surface area contributed by atoms with Crippen molar-refractivity contribution in [2.75, 3.05) is 6.54 Å². The molecule has 2 atom stereocenters. The van der Waals surface area contributed by atoms with Crippen LogP contribution in [-0.4, -0.2) is 71.7 Å². The van der Waals surface area contributed by atoms with Crippen LogP contribution in [0.1, 0.15) is 46.5 Å². The maximum absolute atomic E-state index is 13.4. The highest BCUT2D eigenvalue weighted by atomic mass is 35.5. The first-order valence-electron chi connectivity index (χ1n) is 19.0. The molecule has 5 heterocycles. The highest BCUT2D eigenvalue weighted by Gasteiger charge is 2.57. The lowest BCUT2D eigenvalue weighted by Crippen LogP contribution is -2.42. The number of hydrogen-bond acceptors (Lipinski definition) is 5. The number of halogens is 3. The number of carbonyl (C=O) groups is 4. The van der Waals surface area contributed by atoms with Crippen LogP contribution in [0.2, 0.25) is 0 Å². The van der Waals surface area contributed by atoms with Gasteiger partial charge in [0.1, 0.15) is 23.7 Å². The van der Waals surface area contributed by atoms with E-state index in [4.69, 9.17) is 0 Å². The number of urea groups is 1. The summed E-state index contributed by atoms with van der Waals surface area (Å²) >= 11 is 0. The Morgan fingerprint density at radius 3 is 1.76 bits per heavy atom. The summed E-state index contributed by atoms with van der Waals surface area (Å²) in [7, 11) is 0. The topological polar surface area (TPSA) is 137 Å². The number of aliphatic carboxylic acids is 2. The van der Waals surface area contributed by atoms with Crippen LogP contribution in [0.15, 0.2) is 97.1 Å². The standard InChI is InChI=1S/C25H22FN3O4.C19H17FN2O2.ClH/c26-16-7-5-15(6-8-16)12-27-19-4-2-1-3-17(19)18-11-20-22(30)29(14-25(9-10-25)23(31)32)24(33)28(20)13-21(18)27;20-13-7-5-12(6-8-13)11-22-17-4-2-1-3-14(17)15-9-16(19(23)24)21-10-18(15)22;/h1-8,20H,9-14H2,(H,31,32);1-8,16,21H,9-11H2,(H,23,24);1H/t20-;;/m0../s1. The lowest BCUT2D eigenvalue weighted by Gasteiger charge is -2.28. The van der Waals surface area contributed by atoms with Gasteiger partial charge < -0.3 is 24.2 Å². The lowest BCUT2D eigenvalue weighted by atomic mass is 9.97. The molecule has 14 heteroatoms. The van der Waals surface area contributed by atoms with E-state index in [1.807, 2.05) is 48.5 Å². The Kier molecular flexibility index (Phi) is 10.1. The van der Waals surface area contributed by atoms with Crippen LogP contribution in [0.4, 0.5) is 13.6 Å². The molecule has 298 valence electrons. The second-order valence-corrected chi connectivity index (χ2v) is 15.4. The van der Waals surface area contributed by atoms with E-state index in [2.05, 4.69) is 14.5 Å². The van der Waals surface area contributed by atoms with E-state index in [0.29, 0.717) is 45.3 Å². The number of carbonyl (C=O) groups excluding carboxylic acids is 2. The van der Waals surface area contributed by atoms with Crippen molar-refractivity contribution >= 4 is 58.1 Å². The molecule has 4 aromatic carbocycles. The summed E-state index contributed by atoms with van der Waals surface area (Å²) in [5.74, 6) is -2.63. The molecule has 3 amide bonds. The molecule has 58 heavy (non-hydrogen) atoms. The van der Waals surface area contributed by atoms with Crippen LogP contribution in [0.5, 0.6) is 0 Å². The summed E-state index contributed by atoms with van der Waals surface area (Å²) in [5, 5.41) is 24.1. The van der Waals surface area contributed by atoms with Gasteiger partial charge in [-0.1, -0.05) is 60.7 Å². The summed E-state index contributed by atoms with van der Waals surface area (Å²) in [5.41, 5.74) is 7.25. The van der Waals surface area contributed by atoms with Gasteiger partial charge in [0.25, 0.3) is 5.91 Å². The number of rotatable bonds is 8. The molecular formula is C44H40ClF2N5O6. The zero-order valence-electron chi connectivity index (χ0n) is 31.2. The van der Waals surface area contributed by atoms with E-state index >= 15 is 0 Å². The smallest absolute Gasteiger partial charge is 0.327 e. The number of carboxylic acids is 2. The number of para-hydroxylation sites is 2. The van der Waals surface area contributed by atoms with Gasteiger partial charge in [0, 0.05) is 72.2 Å². The zero-order chi connectivity index (χ0) is 39.6. The van der Waals surface area contributed by atoms with Gasteiger partial charge in [-0.3, -0.25) is 24.6 Å². The third-order valence-corrected chi connectivity index (χ3v) is 12.0. The number of benzene rings is 4. The second kappa shape index (κ2) is 15.0. The van der Waals surface area contributed by atoms with Crippen molar-refractivity contribution in [2.45, 2.75) is 63.9 Å². The molecule has 0 radical (unpaired) electrons. The van der Waals surface area contributed by atoms with Crippen LogP contribution in [0.25, 0.3) is 21.8 Å². The Hall–Kier alpha value is -6.05. The maximum atomic E-state index is 13.4. The largest absolute Gasteiger partial charge is 0.481 e. The van der Waals surface area contributed by atoms with Crippen molar-refractivity contribution in [3.63, 3.8) is 0 Å². The molecule has 2 aromatic heterocycles. The Morgan fingerprint density at radius 2 is 1.24 bits per heavy atom. The van der Waals surface area contributed by atoms with Gasteiger partial charge in [0.05, 0.1) is 12.0 Å². The molecule has 6 aromatic rings. The van der Waals surface area contributed by atoms with E-state index in [1.165, 1.54) is 24.3 Å². The molecule has 3 aliphatic heterocycles. The Bertz CT molecular complexity index is 2600. The monoisotopic (exact) mass is 807 g/mol. The van der Waals surface area contributed by atoms with Gasteiger partial charge in [-0.05, 0) is 71.5 Å². The first-order valence-corrected chi connectivity index (χ1v) is 19.0. The number of amides is 3. The summed E-state index contributed by atoms with van der Waals surface area (Å²) in [4.78, 5) is 52.1. The Labute approximate surface area is 337 Å². The molecule has 0 spiro atoms. The highest BCUT2D eigenvalue weighted by molar-refractivity contribution is 6.05. The van der Waals surface area contributed by atoms with Crippen molar-refractivity contribution in [2.24, 2.45) is 5.41 Å². The second-order valence-electron chi connectivity index (χ2n) is 15.4.